The van der Waals surface area contributed by atoms with Gasteiger partial charge in [0.25, 0.3) is 0 Å². The second kappa shape index (κ2) is 6.75. The molecule has 3 rings (SSSR count). The van der Waals surface area contributed by atoms with Crippen molar-refractivity contribution < 1.29 is 9.53 Å². The van der Waals surface area contributed by atoms with Crippen LogP contribution in [0, 0.1) is 0 Å². The number of fused-ring (bicyclic) bond motifs is 2. The van der Waals surface area contributed by atoms with Gasteiger partial charge in [0, 0.05) is 29.6 Å². The number of aromatic nitrogens is 1. The lowest BCUT2D eigenvalue weighted by atomic mass is 10.00. The van der Waals surface area contributed by atoms with Gasteiger partial charge in [-0.25, -0.2) is 0 Å². The Morgan fingerprint density at radius 3 is 2.72 bits per heavy atom. The third kappa shape index (κ3) is 3.91. The summed E-state index contributed by atoms with van der Waals surface area (Å²) < 4.78 is 6.29. The smallest absolute Gasteiger partial charge is 0.191 e. The Labute approximate surface area is 152 Å². The van der Waals surface area contributed by atoms with Gasteiger partial charge in [-0.05, 0) is 60.3 Å². The van der Waals surface area contributed by atoms with Crippen molar-refractivity contribution >= 4 is 25.3 Å². The van der Waals surface area contributed by atoms with Crippen molar-refractivity contribution in [1.82, 2.24) is 4.98 Å². The summed E-state index contributed by atoms with van der Waals surface area (Å²) in [5.74, 6) is 0. The summed E-state index contributed by atoms with van der Waals surface area (Å²) in [7, 11) is -1.69. The fraction of sp³-hybridized carbons (Fsp3) is 0.524. The molecule has 1 atom stereocenters. The Kier molecular flexibility index (Phi) is 4.97. The molecule has 136 valence electrons. The molecule has 0 amide bonds. The van der Waals surface area contributed by atoms with Crippen molar-refractivity contribution in [3.63, 3.8) is 0 Å². The first kappa shape index (κ1) is 18.4. The zero-order valence-corrected chi connectivity index (χ0v) is 17.1. The maximum atomic E-state index is 10.3. The average molecular weight is 358 g/mol. The summed E-state index contributed by atoms with van der Waals surface area (Å²) in [4.78, 5) is 3.53. The molecule has 0 aliphatic heterocycles. The number of benzene rings is 1. The van der Waals surface area contributed by atoms with Crippen LogP contribution in [0.25, 0.3) is 17.0 Å². The maximum Gasteiger partial charge on any atom is 0.191 e. The van der Waals surface area contributed by atoms with E-state index in [2.05, 4.69) is 69.2 Å². The maximum absolute atomic E-state index is 10.3. The quantitative estimate of drug-likeness (QED) is 0.702. The van der Waals surface area contributed by atoms with Crippen molar-refractivity contribution in [3.8, 4) is 0 Å². The zero-order valence-electron chi connectivity index (χ0n) is 16.1. The second-order valence-electron chi connectivity index (χ2n) is 8.72. The lowest BCUT2D eigenvalue weighted by Gasteiger charge is -2.36. The molecule has 2 aromatic rings. The molecule has 1 aromatic carbocycles. The van der Waals surface area contributed by atoms with E-state index >= 15 is 0 Å². The molecule has 0 saturated heterocycles. The summed E-state index contributed by atoms with van der Waals surface area (Å²) in [5, 5.41) is 11.8. The highest BCUT2D eigenvalue weighted by molar-refractivity contribution is 6.74. The minimum absolute atomic E-state index is 0.244. The number of aromatic amines is 1. The molecule has 0 bridgehead atoms. The van der Waals surface area contributed by atoms with Crippen LogP contribution < -0.4 is 0 Å². The lowest BCUT2D eigenvalue weighted by molar-refractivity contribution is 0.169. The number of hydrogen-bond donors (Lipinski definition) is 2. The predicted octanol–water partition coefficient (Wildman–Crippen LogP) is 5.57. The third-order valence-electron chi connectivity index (χ3n) is 5.78. The molecule has 1 aliphatic rings. The second-order valence-corrected chi connectivity index (χ2v) is 13.5. The van der Waals surface area contributed by atoms with Gasteiger partial charge in [-0.15, -0.1) is 0 Å². The monoisotopic (exact) mass is 357 g/mol. The minimum Gasteiger partial charge on any atom is -0.416 e. The fourth-order valence-corrected chi connectivity index (χ4v) is 4.14. The van der Waals surface area contributed by atoms with Crippen LogP contribution in [-0.2, 0) is 10.8 Å². The number of H-pyrrole nitrogens is 1. The number of aliphatic hydroxyl groups is 1. The van der Waals surface area contributed by atoms with E-state index in [4.69, 9.17) is 4.43 Å². The molecular weight excluding hydrogens is 326 g/mol. The first-order chi connectivity index (χ1) is 11.7. The van der Waals surface area contributed by atoms with Crippen molar-refractivity contribution in [2.75, 3.05) is 6.61 Å². The molecule has 0 spiro atoms. The lowest BCUT2D eigenvalue weighted by Crippen LogP contribution is -2.41. The standard InChI is InChI=1S/C21H31NO2Si/c1-21(2,3)25(4,5)24-11-10-17-12-16-13-18-15(14-19(16)22-17)8-6-7-9-20(18)23/h6,8,12-14,20,22-23H,7,9-11H2,1-5H3. The molecule has 3 nitrogen and oxygen atoms in total. The van der Waals surface area contributed by atoms with Crippen molar-refractivity contribution in [1.29, 1.82) is 0 Å². The molecule has 0 saturated carbocycles. The normalized spacial score (nSPS) is 18.4. The molecular formula is C21H31NO2Si. The first-order valence-corrected chi connectivity index (χ1v) is 12.2. The minimum atomic E-state index is -1.69. The average Bonchev–Trinajstić information content (AvgIpc) is 2.81. The molecule has 25 heavy (non-hydrogen) atoms. The highest BCUT2D eigenvalue weighted by atomic mass is 28.4. The van der Waals surface area contributed by atoms with Gasteiger partial charge in [-0.3, -0.25) is 0 Å². The first-order valence-electron chi connectivity index (χ1n) is 9.31. The van der Waals surface area contributed by atoms with Gasteiger partial charge in [0.1, 0.15) is 0 Å². The van der Waals surface area contributed by atoms with E-state index in [1.807, 2.05) is 0 Å². The summed E-state index contributed by atoms with van der Waals surface area (Å²) in [6, 6.07) is 6.50. The third-order valence-corrected chi connectivity index (χ3v) is 10.3. The van der Waals surface area contributed by atoms with E-state index in [1.165, 1.54) is 11.1 Å². The molecule has 0 fully saturated rings. The van der Waals surface area contributed by atoms with E-state index in [0.29, 0.717) is 0 Å². The fourth-order valence-electron chi connectivity index (χ4n) is 3.10. The molecule has 0 radical (unpaired) electrons. The summed E-state index contributed by atoms with van der Waals surface area (Å²) in [5.41, 5.74) is 4.51. The van der Waals surface area contributed by atoms with E-state index in [1.54, 1.807) is 0 Å². The number of aliphatic hydroxyl groups excluding tert-OH is 1. The van der Waals surface area contributed by atoms with Crippen LogP contribution in [0.1, 0.15) is 56.5 Å². The predicted molar refractivity (Wildman–Crippen MR) is 108 cm³/mol. The van der Waals surface area contributed by atoms with E-state index in [0.717, 1.165) is 42.5 Å². The Hall–Kier alpha value is -1.36. The molecule has 1 aliphatic carbocycles. The Balaban J connectivity index is 1.76. The van der Waals surface area contributed by atoms with Crippen LogP contribution in [0.15, 0.2) is 24.3 Å². The van der Waals surface area contributed by atoms with Crippen LogP contribution in [0.5, 0.6) is 0 Å². The topological polar surface area (TPSA) is 45.2 Å². The van der Waals surface area contributed by atoms with E-state index in [-0.39, 0.29) is 11.1 Å². The van der Waals surface area contributed by atoms with Crippen LogP contribution in [0.3, 0.4) is 0 Å². The van der Waals surface area contributed by atoms with Gasteiger partial charge in [0.15, 0.2) is 8.32 Å². The van der Waals surface area contributed by atoms with Crippen molar-refractivity contribution in [2.45, 2.75) is 64.3 Å². The van der Waals surface area contributed by atoms with Crippen molar-refractivity contribution in [3.05, 3.63) is 41.1 Å². The molecule has 1 unspecified atom stereocenters. The molecule has 1 heterocycles. The molecule has 2 N–H and O–H groups in total. The number of nitrogens with one attached hydrogen (secondary N) is 1. The summed E-state index contributed by atoms with van der Waals surface area (Å²) in [6.45, 7) is 12.2. The van der Waals surface area contributed by atoms with Crippen LogP contribution in [0.4, 0.5) is 0 Å². The zero-order chi connectivity index (χ0) is 18.2. The van der Waals surface area contributed by atoms with Crippen LogP contribution in [0.2, 0.25) is 18.1 Å². The number of hydrogen-bond acceptors (Lipinski definition) is 2. The van der Waals surface area contributed by atoms with E-state index < -0.39 is 8.32 Å². The van der Waals surface area contributed by atoms with Gasteiger partial charge < -0.3 is 14.5 Å². The Morgan fingerprint density at radius 1 is 1.24 bits per heavy atom. The van der Waals surface area contributed by atoms with Gasteiger partial charge in [-0.2, -0.15) is 0 Å². The largest absolute Gasteiger partial charge is 0.416 e. The van der Waals surface area contributed by atoms with Crippen LogP contribution in [-0.4, -0.2) is 25.0 Å². The summed E-state index contributed by atoms with van der Waals surface area (Å²) >= 11 is 0. The SMILES string of the molecule is CC(C)(C)[Si](C)(C)OCCc1cc2cc3c(cc2[nH]1)C=CCCC3O. The number of rotatable bonds is 4. The molecule has 4 heteroatoms. The van der Waals surface area contributed by atoms with Gasteiger partial charge in [0.05, 0.1) is 6.10 Å². The number of allylic oxidation sites excluding steroid dienone is 1. The highest BCUT2D eigenvalue weighted by Gasteiger charge is 2.36. The van der Waals surface area contributed by atoms with Crippen LogP contribution >= 0.6 is 0 Å². The van der Waals surface area contributed by atoms with E-state index in [9.17, 15) is 5.11 Å². The van der Waals surface area contributed by atoms with Gasteiger partial charge in [-0.1, -0.05) is 32.9 Å². The Morgan fingerprint density at radius 2 is 2.00 bits per heavy atom. The molecule has 1 aromatic heterocycles. The van der Waals surface area contributed by atoms with Crippen molar-refractivity contribution in [2.24, 2.45) is 0 Å². The van der Waals surface area contributed by atoms with Gasteiger partial charge >= 0.3 is 0 Å². The highest BCUT2D eigenvalue weighted by Crippen LogP contribution is 2.36. The Bertz CT molecular complexity index is 783. The summed E-state index contributed by atoms with van der Waals surface area (Å²) in [6.07, 6.45) is 6.54. The van der Waals surface area contributed by atoms with Gasteiger partial charge in [0.2, 0.25) is 0 Å².